The first kappa shape index (κ1) is 17.8. The summed E-state index contributed by atoms with van der Waals surface area (Å²) >= 11 is 0. The van der Waals surface area contributed by atoms with Crippen molar-refractivity contribution in [2.24, 2.45) is 0 Å². The third-order valence-electron chi connectivity index (χ3n) is 4.55. The van der Waals surface area contributed by atoms with Crippen LogP contribution in [0.4, 0.5) is 11.5 Å². The van der Waals surface area contributed by atoms with E-state index < -0.39 is 0 Å². The molecule has 0 atom stereocenters. The molecule has 3 aromatic carbocycles. The Morgan fingerprint density at radius 2 is 1.57 bits per heavy atom. The van der Waals surface area contributed by atoms with Crippen molar-refractivity contribution < 1.29 is 4.74 Å². The van der Waals surface area contributed by atoms with E-state index in [1.165, 1.54) is 0 Å². The molecule has 0 aliphatic carbocycles. The van der Waals surface area contributed by atoms with Gasteiger partial charge in [0.25, 0.3) is 0 Å². The first-order valence-electron chi connectivity index (χ1n) is 9.22. The lowest BCUT2D eigenvalue weighted by Crippen LogP contribution is -2.25. The normalized spacial score (nSPS) is 10.8. The van der Waals surface area contributed by atoms with Gasteiger partial charge in [-0.25, -0.2) is 9.97 Å². The zero-order valence-corrected chi connectivity index (χ0v) is 15.7. The lowest BCUT2D eigenvalue weighted by atomic mass is 10.1. The van der Waals surface area contributed by atoms with Crippen molar-refractivity contribution in [1.82, 2.24) is 9.97 Å². The number of anilines is 2. The molecule has 5 heteroatoms. The Morgan fingerprint density at radius 3 is 2.36 bits per heavy atom. The summed E-state index contributed by atoms with van der Waals surface area (Å²) in [4.78, 5) is 11.7. The van der Waals surface area contributed by atoms with Crippen LogP contribution in [0.5, 0.6) is 5.75 Å². The number of rotatable bonds is 6. The number of aromatic nitrogens is 2. The Hall–Kier alpha value is -3.60. The van der Waals surface area contributed by atoms with Crippen LogP contribution < -0.4 is 15.4 Å². The summed E-state index contributed by atoms with van der Waals surface area (Å²) in [6, 6.07) is 25.5. The van der Waals surface area contributed by atoms with Gasteiger partial charge in [0.15, 0.2) is 5.82 Å². The van der Waals surface area contributed by atoms with Crippen LogP contribution in [0.15, 0.2) is 78.9 Å². The van der Waals surface area contributed by atoms with Gasteiger partial charge in [-0.15, -0.1) is 0 Å². The molecule has 140 valence electrons. The summed E-state index contributed by atoms with van der Waals surface area (Å²) in [6.45, 7) is 1.27. The van der Waals surface area contributed by atoms with Crippen molar-refractivity contribution in [3.8, 4) is 17.1 Å². The summed E-state index contributed by atoms with van der Waals surface area (Å²) in [7, 11) is 2.02. The van der Waals surface area contributed by atoms with E-state index in [0.29, 0.717) is 19.0 Å². The molecule has 5 nitrogen and oxygen atoms in total. The highest BCUT2D eigenvalue weighted by atomic mass is 16.5. The molecule has 0 unspecified atom stereocenters. The number of benzene rings is 3. The predicted molar refractivity (Wildman–Crippen MR) is 115 cm³/mol. The Balaban J connectivity index is 1.61. The minimum absolute atomic E-state index is 0.566. The fraction of sp³-hybridized carbons (Fsp3) is 0.130. The minimum atomic E-state index is 0.566. The zero-order chi connectivity index (χ0) is 19.3. The monoisotopic (exact) mass is 370 g/mol. The minimum Gasteiger partial charge on any atom is -0.492 e. The quantitative estimate of drug-likeness (QED) is 0.510. The molecule has 0 spiro atoms. The van der Waals surface area contributed by atoms with Gasteiger partial charge < -0.3 is 15.4 Å². The van der Waals surface area contributed by atoms with Crippen molar-refractivity contribution in [3.05, 3.63) is 78.9 Å². The second-order valence-electron chi connectivity index (χ2n) is 6.59. The fourth-order valence-corrected chi connectivity index (χ4v) is 3.04. The third-order valence-corrected chi connectivity index (χ3v) is 4.55. The van der Waals surface area contributed by atoms with E-state index in [1.54, 1.807) is 0 Å². The van der Waals surface area contributed by atoms with Crippen molar-refractivity contribution >= 4 is 22.4 Å². The number of hydrogen-bond acceptors (Lipinski definition) is 5. The molecular weight excluding hydrogens is 348 g/mol. The van der Waals surface area contributed by atoms with E-state index in [1.807, 2.05) is 85.9 Å². The molecule has 0 aliphatic heterocycles. The van der Waals surface area contributed by atoms with E-state index in [9.17, 15) is 0 Å². The maximum atomic E-state index is 5.84. The molecule has 0 fully saturated rings. The van der Waals surface area contributed by atoms with Gasteiger partial charge in [0.1, 0.15) is 18.2 Å². The predicted octanol–water partition coefficient (Wildman–Crippen LogP) is 4.39. The van der Waals surface area contributed by atoms with Gasteiger partial charge in [0, 0.05) is 23.7 Å². The molecule has 1 aromatic heterocycles. The summed E-state index contributed by atoms with van der Waals surface area (Å²) in [5, 5.41) is 1.02. The fourth-order valence-electron chi connectivity index (χ4n) is 3.04. The zero-order valence-electron chi connectivity index (χ0n) is 15.7. The maximum absolute atomic E-state index is 5.84. The van der Waals surface area contributed by atoms with Crippen LogP contribution in [0.3, 0.4) is 0 Å². The van der Waals surface area contributed by atoms with E-state index in [0.717, 1.165) is 33.7 Å². The number of fused-ring (bicyclic) bond motifs is 1. The van der Waals surface area contributed by atoms with Crippen LogP contribution >= 0.6 is 0 Å². The van der Waals surface area contributed by atoms with Crippen molar-refractivity contribution in [1.29, 1.82) is 0 Å². The Bertz CT molecular complexity index is 1060. The van der Waals surface area contributed by atoms with Crippen LogP contribution in [0, 0.1) is 0 Å². The standard InChI is InChI=1S/C23H22N4O/c1-27(15-16-28-19-7-3-2-4-8-19)23-20-9-5-6-10-21(20)25-22(26-23)17-11-13-18(24)14-12-17/h2-14H,15-16,24H2,1H3. The van der Waals surface area contributed by atoms with Gasteiger partial charge in [-0.1, -0.05) is 30.3 Å². The molecule has 0 bridgehead atoms. The number of para-hydroxylation sites is 2. The van der Waals surface area contributed by atoms with E-state index in [4.69, 9.17) is 20.4 Å². The van der Waals surface area contributed by atoms with Gasteiger partial charge >= 0.3 is 0 Å². The topological polar surface area (TPSA) is 64.3 Å². The largest absolute Gasteiger partial charge is 0.492 e. The second-order valence-corrected chi connectivity index (χ2v) is 6.59. The molecule has 0 saturated carbocycles. The van der Waals surface area contributed by atoms with Gasteiger partial charge in [0.2, 0.25) is 0 Å². The molecule has 0 amide bonds. The van der Waals surface area contributed by atoms with Crippen molar-refractivity contribution in [2.75, 3.05) is 30.8 Å². The highest BCUT2D eigenvalue weighted by molar-refractivity contribution is 5.91. The van der Waals surface area contributed by atoms with Crippen LogP contribution in [0.1, 0.15) is 0 Å². The van der Waals surface area contributed by atoms with Crippen molar-refractivity contribution in [2.45, 2.75) is 0 Å². The molecule has 4 aromatic rings. The van der Waals surface area contributed by atoms with Gasteiger partial charge in [0.05, 0.1) is 12.1 Å². The highest BCUT2D eigenvalue weighted by Gasteiger charge is 2.13. The number of likely N-dealkylation sites (N-methyl/N-ethyl adjacent to an activating group) is 1. The molecule has 28 heavy (non-hydrogen) atoms. The summed E-state index contributed by atoms with van der Waals surface area (Å²) in [5.74, 6) is 2.43. The molecule has 2 N–H and O–H groups in total. The number of nitrogen functional groups attached to an aromatic ring is 1. The van der Waals surface area contributed by atoms with Crippen LogP contribution in [0.25, 0.3) is 22.3 Å². The molecule has 0 aliphatic rings. The number of ether oxygens (including phenoxy) is 1. The lowest BCUT2D eigenvalue weighted by molar-refractivity contribution is 0.326. The van der Waals surface area contributed by atoms with Gasteiger partial charge in [-0.2, -0.15) is 0 Å². The average molecular weight is 370 g/mol. The summed E-state index contributed by atoms with van der Waals surface area (Å²) in [5.41, 5.74) is 8.39. The molecular formula is C23H22N4O. The van der Waals surface area contributed by atoms with Crippen molar-refractivity contribution in [3.63, 3.8) is 0 Å². The number of nitrogens with two attached hydrogens (primary N) is 1. The Morgan fingerprint density at radius 1 is 0.857 bits per heavy atom. The molecule has 4 rings (SSSR count). The molecule has 0 radical (unpaired) electrons. The Labute approximate surface area is 164 Å². The average Bonchev–Trinajstić information content (AvgIpc) is 2.74. The van der Waals surface area contributed by atoms with Gasteiger partial charge in [-0.3, -0.25) is 0 Å². The number of nitrogens with zero attached hydrogens (tertiary/aromatic N) is 3. The molecule has 1 heterocycles. The van der Waals surface area contributed by atoms with Crippen LogP contribution in [0.2, 0.25) is 0 Å². The Kier molecular flexibility index (Phi) is 5.06. The number of hydrogen-bond donors (Lipinski definition) is 1. The molecule has 0 saturated heterocycles. The van der Waals surface area contributed by atoms with Gasteiger partial charge in [-0.05, 0) is 48.5 Å². The smallest absolute Gasteiger partial charge is 0.162 e. The first-order chi connectivity index (χ1) is 13.7. The first-order valence-corrected chi connectivity index (χ1v) is 9.22. The summed E-state index contributed by atoms with van der Waals surface area (Å²) < 4.78 is 5.84. The van der Waals surface area contributed by atoms with E-state index >= 15 is 0 Å². The van der Waals surface area contributed by atoms with E-state index in [2.05, 4.69) is 4.90 Å². The highest BCUT2D eigenvalue weighted by Crippen LogP contribution is 2.27. The maximum Gasteiger partial charge on any atom is 0.162 e. The second kappa shape index (κ2) is 7.96. The van der Waals surface area contributed by atoms with Crippen LogP contribution in [-0.4, -0.2) is 30.2 Å². The van der Waals surface area contributed by atoms with E-state index in [-0.39, 0.29) is 0 Å². The lowest BCUT2D eigenvalue weighted by Gasteiger charge is -2.21. The third kappa shape index (κ3) is 3.88. The SMILES string of the molecule is CN(CCOc1ccccc1)c1nc(-c2ccc(N)cc2)nc2ccccc12. The van der Waals surface area contributed by atoms with Crippen LogP contribution in [-0.2, 0) is 0 Å². The summed E-state index contributed by atoms with van der Waals surface area (Å²) in [6.07, 6.45) is 0.